The van der Waals surface area contributed by atoms with E-state index in [-0.39, 0.29) is 93.3 Å². The minimum atomic E-state index is -2.59. The number of thiophene rings is 3. The van der Waals surface area contributed by atoms with Gasteiger partial charge >= 0.3 is 23.9 Å². The van der Waals surface area contributed by atoms with E-state index in [2.05, 4.69) is 0 Å². The number of thioether (sulfide) groups is 2. The van der Waals surface area contributed by atoms with Crippen LogP contribution in [-0.2, 0) is 85.0 Å². The first-order valence-electron chi connectivity index (χ1n) is 25.9. The molecule has 18 nitrogen and oxygen atoms in total. The van der Waals surface area contributed by atoms with Gasteiger partial charge in [-0.25, -0.2) is 9.98 Å². The van der Waals surface area contributed by atoms with Crippen molar-refractivity contribution in [2.45, 2.75) is 51.1 Å². The third kappa shape index (κ3) is 9.87. The van der Waals surface area contributed by atoms with E-state index >= 15 is 19.2 Å². The number of hydrogen-bond donors (Lipinski definition) is 0. The predicted octanol–water partition coefficient (Wildman–Crippen LogP) is 10.8. The molecule has 2 aliphatic heterocycles. The Balaban J connectivity index is 1.15. The van der Waals surface area contributed by atoms with E-state index in [1.165, 1.54) is 22.0 Å². The molecule has 418 valence electrons. The van der Waals surface area contributed by atoms with Crippen LogP contribution in [0.1, 0.15) is 57.0 Å². The number of carbonyl (C=O) groups excluding carboxylic acids is 6. The molecule has 4 aromatic carbocycles. The van der Waals surface area contributed by atoms with Crippen LogP contribution in [0.25, 0.3) is 31.0 Å². The highest BCUT2D eigenvalue weighted by Gasteiger charge is 2.63. The van der Waals surface area contributed by atoms with Crippen molar-refractivity contribution in [2.75, 3.05) is 13.1 Å². The molecule has 11 rings (SSSR count). The molecule has 0 spiro atoms. The van der Waals surface area contributed by atoms with Crippen molar-refractivity contribution >= 4 is 134 Å². The van der Waals surface area contributed by atoms with Crippen molar-refractivity contribution < 1.29 is 47.7 Å². The molecule has 2 amide bonds. The van der Waals surface area contributed by atoms with Crippen LogP contribution in [0.15, 0.2) is 164 Å². The van der Waals surface area contributed by atoms with Gasteiger partial charge < -0.3 is 18.9 Å². The summed E-state index contributed by atoms with van der Waals surface area (Å²) >= 11 is 4.84. The SMILES string of the molecule is CCN1C(=O)C(=NC2=Cc3sc4c(sc5c6c(sc54)C=C(N=C4SC(=C(C#N)C#N)N(CC)C4=O)C6(C(=O)OCc4ccccc4)C(=O)OCc4ccccc4)c3C2(C(=O)OCc2ccccc2)C(=O)OCc2ccccc2)SC1=C(C#N)C#N. The Morgan fingerprint density at radius 2 is 0.753 bits per heavy atom. The molecule has 4 aliphatic rings. The summed E-state index contributed by atoms with van der Waals surface area (Å²) in [6.07, 6.45) is 3.01. The number of carbonyl (C=O) groups is 6. The summed E-state index contributed by atoms with van der Waals surface area (Å²) in [5.74, 6) is -5.88. The van der Waals surface area contributed by atoms with E-state index in [1.807, 2.05) is 24.3 Å². The van der Waals surface area contributed by atoms with Crippen molar-refractivity contribution in [1.82, 2.24) is 9.80 Å². The first-order chi connectivity index (χ1) is 41.3. The maximum atomic E-state index is 15.7. The lowest BCUT2D eigenvalue weighted by Gasteiger charge is -2.28. The average molecular weight is 1220 g/mol. The highest BCUT2D eigenvalue weighted by molar-refractivity contribution is 8.20. The van der Waals surface area contributed by atoms with E-state index in [0.29, 0.717) is 50.8 Å². The molecule has 3 aromatic heterocycles. The molecule has 85 heavy (non-hydrogen) atoms. The van der Waals surface area contributed by atoms with Crippen LogP contribution >= 0.6 is 57.5 Å². The summed E-state index contributed by atoms with van der Waals surface area (Å²) in [5.41, 5.74) is -3.97. The van der Waals surface area contributed by atoms with Gasteiger partial charge in [0, 0.05) is 34.0 Å². The second-order valence-electron chi connectivity index (χ2n) is 18.9. The van der Waals surface area contributed by atoms with Crippen molar-refractivity contribution in [2.24, 2.45) is 9.98 Å². The van der Waals surface area contributed by atoms with Crippen LogP contribution < -0.4 is 0 Å². The van der Waals surface area contributed by atoms with Crippen molar-refractivity contribution in [3.05, 3.63) is 197 Å². The number of allylic oxidation sites excluding steroid dienone is 2. The summed E-state index contributed by atoms with van der Waals surface area (Å²) in [7, 11) is 0. The number of hydrogen-bond acceptors (Lipinski definition) is 21. The number of rotatable bonds is 16. The van der Waals surface area contributed by atoms with Crippen LogP contribution in [-0.4, -0.2) is 68.7 Å². The predicted molar refractivity (Wildman–Crippen MR) is 321 cm³/mol. The first kappa shape index (κ1) is 57.1. The molecule has 23 heteroatoms. The Morgan fingerprint density at radius 3 is 1.02 bits per heavy atom. The highest BCUT2D eigenvalue weighted by Crippen LogP contribution is 2.61. The molecular weight excluding hydrogens is 1180 g/mol. The molecule has 0 bridgehead atoms. The monoisotopic (exact) mass is 1220 g/mol. The van der Waals surface area contributed by atoms with Gasteiger partial charge in [0.2, 0.25) is 10.8 Å². The zero-order valence-electron chi connectivity index (χ0n) is 44.6. The van der Waals surface area contributed by atoms with Gasteiger partial charge in [0.25, 0.3) is 11.8 Å². The van der Waals surface area contributed by atoms with Gasteiger partial charge in [-0.2, -0.15) is 21.0 Å². The normalized spacial score (nSPS) is 16.3. The van der Waals surface area contributed by atoms with Gasteiger partial charge in [-0.05, 0) is 71.8 Å². The Morgan fingerprint density at radius 1 is 0.459 bits per heavy atom. The molecule has 0 saturated carbocycles. The number of esters is 4. The molecule has 0 atom stereocenters. The first-order valence-corrected chi connectivity index (χ1v) is 30.0. The summed E-state index contributed by atoms with van der Waals surface area (Å²) in [6.45, 7) is 2.11. The lowest BCUT2D eigenvalue weighted by Crippen LogP contribution is -2.46. The van der Waals surface area contributed by atoms with E-state index < -0.39 is 46.5 Å². The lowest BCUT2D eigenvalue weighted by molar-refractivity contribution is -0.166. The quantitative estimate of drug-likeness (QED) is 0.0377. The minimum Gasteiger partial charge on any atom is -0.459 e. The molecular formula is C62H40N8O10S5. The fourth-order valence-corrected chi connectivity index (χ4v) is 16.7. The molecule has 2 fully saturated rings. The molecule has 7 aromatic rings. The zero-order chi connectivity index (χ0) is 59.6. The van der Waals surface area contributed by atoms with Gasteiger partial charge in [-0.15, -0.1) is 34.0 Å². The summed E-state index contributed by atoms with van der Waals surface area (Å²) in [6, 6.07) is 42.3. The van der Waals surface area contributed by atoms with Crippen LogP contribution in [0, 0.1) is 45.3 Å². The van der Waals surface area contributed by atoms with Crippen LogP contribution in [0.5, 0.6) is 0 Å². The summed E-state index contributed by atoms with van der Waals surface area (Å²) in [5, 5.41) is 39.2. The smallest absolute Gasteiger partial charge is 0.334 e. The number of nitriles is 4. The molecule has 0 N–H and O–H groups in total. The zero-order valence-corrected chi connectivity index (χ0v) is 48.7. The largest absolute Gasteiger partial charge is 0.459 e. The number of amides is 2. The van der Waals surface area contributed by atoms with Crippen LogP contribution in [0.2, 0.25) is 0 Å². The third-order valence-corrected chi connectivity index (χ3v) is 20.1. The Labute approximate surface area is 505 Å². The van der Waals surface area contributed by atoms with Crippen LogP contribution in [0.4, 0.5) is 0 Å². The van der Waals surface area contributed by atoms with E-state index in [9.17, 15) is 30.6 Å². The highest BCUT2D eigenvalue weighted by atomic mass is 32.2. The molecule has 0 radical (unpaired) electrons. The van der Waals surface area contributed by atoms with Gasteiger partial charge in [-0.3, -0.25) is 38.6 Å². The number of nitrogens with zero attached hydrogens (tertiary/aromatic N) is 8. The third-order valence-electron chi connectivity index (χ3n) is 14.0. The van der Waals surface area contributed by atoms with Crippen molar-refractivity contribution in [3.8, 4) is 24.3 Å². The fraction of sp³-hybridized carbons (Fsp3) is 0.161. The minimum absolute atomic E-state index is 0.0130. The number of fused-ring (bicyclic) bond motifs is 7. The average Bonchev–Trinajstić information content (AvgIpc) is 1.53. The summed E-state index contributed by atoms with van der Waals surface area (Å²) in [4.78, 5) is 104. The summed E-state index contributed by atoms with van der Waals surface area (Å²) < 4.78 is 26.3. The molecule has 5 heterocycles. The van der Waals surface area contributed by atoms with Gasteiger partial charge in [0.05, 0.1) is 30.2 Å². The van der Waals surface area contributed by atoms with E-state index in [1.54, 1.807) is 135 Å². The second-order valence-corrected chi connectivity index (χ2v) is 23.9. The van der Waals surface area contributed by atoms with Crippen LogP contribution in [0.3, 0.4) is 0 Å². The van der Waals surface area contributed by atoms with Gasteiger partial charge in [0.1, 0.15) is 60.8 Å². The molecule has 2 saturated heterocycles. The van der Waals surface area contributed by atoms with E-state index in [0.717, 1.165) is 57.5 Å². The van der Waals surface area contributed by atoms with E-state index in [4.69, 9.17) is 28.9 Å². The maximum absolute atomic E-state index is 15.7. The number of aliphatic imine (C=N–C) groups is 2. The topological polar surface area (TPSA) is 266 Å². The molecule has 0 unspecified atom stereocenters. The van der Waals surface area contributed by atoms with Crippen molar-refractivity contribution in [1.29, 1.82) is 21.0 Å². The Kier molecular flexibility index (Phi) is 16.0. The second kappa shape index (κ2) is 23.9. The number of benzene rings is 4. The fourth-order valence-electron chi connectivity index (χ4n) is 9.99. The maximum Gasteiger partial charge on any atom is 0.334 e. The van der Waals surface area contributed by atoms with Crippen molar-refractivity contribution in [3.63, 3.8) is 0 Å². The Hall–Kier alpha value is -9.72. The number of ether oxygens (including phenoxy) is 4. The standard InChI is InChI=1S/C62H40N8O10S5/c1-3-69-53(71)51(84-55(69)39(27-63)28-64)67-43-25-41-45(61(43,57(73)77-31-35-17-9-5-10-18-35)58(74)78-32-36-19-11-6-12-20-36)47-49(81-41)50-48(83-47)46-42(82-50)26-44(68-52-54(72)70(4-2)56(85-52)40(29-65)30-66)62(46,59(75)79-33-37-21-13-7-14-22-37)60(76)80-34-38-23-15-8-16-24-38/h5-26H,3-4,31-34H2,1-2H3. The van der Waals surface area contributed by atoms with Gasteiger partial charge in [-0.1, -0.05) is 121 Å². The van der Waals surface area contributed by atoms with Gasteiger partial charge in [0.15, 0.2) is 21.2 Å². The Bertz CT molecular complexity index is 3940. The molecule has 2 aliphatic carbocycles. The lowest BCUT2D eigenvalue weighted by atomic mass is 9.80.